The first-order valence-corrected chi connectivity index (χ1v) is 6.87. The molecule has 4 nitrogen and oxygen atoms in total. The van der Waals surface area contributed by atoms with Crippen molar-refractivity contribution < 1.29 is 0 Å². The second-order valence-electron chi connectivity index (χ2n) is 5.08. The summed E-state index contributed by atoms with van der Waals surface area (Å²) in [6, 6.07) is 17.8. The van der Waals surface area contributed by atoms with Gasteiger partial charge in [-0.15, -0.1) is 0 Å². The number of nitrogens with one attached hydrogen (secondary N) is 1. The average molecular weight is 276 g/mol. The number of aryl methyl sites for hydroxylation is 1. The van der Waals surface area contributed by atoms with Gasteiger partial charge in [-0.25, -0.2) is 4.98 Å². The van der Waals surface area contributed by atoms with Crippen molar-refractivity contribution in [3.63, 3.8) is 0 Å². The lowest BCUT2D eigenvalue weighted by Crippen LogP contribution is -2.12. The lowest BCUT2D eigenvalue weighted by atomic mass is 10.2. The van der Waals surface area contributed by atoms with Crippen molar-refractivity contribution in [1.29, 1.82) is 5.26 Å². The van der Waals surface area contributed by atoms with Gasteiger partial charge in [-0.3, -0.25) is 0 Å². The summed E-state index contributed by atoms with van der Waals surface area (Å²) >= 11 is 0. The normalized spacial score (nSPS) is 12.0. The fraction of sp³-hybridized carbons (Fsp3) is 0.176. The van der Waals surface area contributed by atoms with Crippen molar-refractivity contribution in [3.8, 4) is 6.07 Å². The molecule has 1 atom stereocenters. The second-order valence-corrected chi connectivity index (χ2v) is 5.08. The van der Waals surface area contributed by atoms with Crippen LogP contribution in [0.5, 0.6) is 0 Å². The number of nitriles is 1. The lowest BCUT2D eigenvalue weighted by Gasteiger charge is -2.15. The number of fused-ring (bicyclic) bond motifs is 1. The van der Waals surface area contributed by atoms with E-state index in [2.05, 4.69) is 33.9 Å². The van der Waals surface area contributed by atoms with Crippen molar-refractivity contribution in [2.75, 3.05) is 5.32 Å². The third-order valence-corrected chi connectivity index (χ3v) is 3.58. The van der Waals surface area contributed by atoms with Gasteiger partial charge in [-0.05, 0) is 37.3 Å². The van der Waals surface area contributed by atoms with Gasteiger partial charge in [0.2, 0.25) is 0 Å². The maximum absolute atomic E-state index is 8.96. The molecule has 21 heavy (non-hydrogen) atoms. The summed E-state index contributed by atoms with van der Waals surface area (Å²) in [4.78, 5) is 4.69. The summed E-state index contributed by atoms with van der Waals surface area (Å²) in [5, 5.41) is 12.4. The molecule has 104 valence electrons. The molecular weight excluding hydrogens is 260 g/mol. The fourth-order valence-electron chi connectivity index (χ4n) is 2.54. The van der Waals surface area contributed by atoms with E-state index >= 15 is 0 Å². The van der Waals surface area contributed by atoms with E-state index in [0.717, 1.165) is 22.5 Å². The number of rotatable bonds is 3. The predicted octanol–water partition coefficient (Wildman–Crippen LogP) is 3.62. The Balaban J connectivity index is 1.91. The molecule has 1 heterocycles. The number of para-hydroxylation sites is 2. The SMILES string of the molecule is CC(Nc1cccc(C#N)c1)c1nc2ccccc2n1C. The van der Waals surface area contributed by atoms with E-state index in [0.29, 0.717) is 5.56 Å². The van der Waals surface area contributed by atoms with Crippen LogP contribution in [0.15, 0.2) is 48.5 Å². The molecule has 2 aromatic carbocycles. The minimum absolute atomic E-state index is 0.0522. The van der Waals surface area contributed by atoms with Crippen LogP contribution in [-0.2, 0) is 7.05 Å². The number of nitrogens with zero attached hydrogens (tertiary/aromatic N) is 3. The number of hydrogen-bond acceptors (Lipinski definition) is 3. The number of hydrogen-bond donors (Lipinski definition) is 1. The van der Waals surface area contributed by atoms with Gasteiger partial charge in [-0.1, -0.05) is 18.2 Å². The summed E-state index contributed by atoms with van der Waals surface area (Å²) < 4.78 is 2.10. The van der Waals surface area contributed by atoms with Crippen LogP contribution in [0.2, 0.25) is 0 Å². The van der Waals surface area contributed by atoms with E-state index in [4.69, 9.17) is 5.26 Å². The van der Waals surface area contributed by atoms with Crippen LogP contribution in [0.3, 0.4) is 0 Å². The molecule has 1 aromatic heterocycles. The topological polar surface area (TPSA) is 53.6 Å². The summed E-state index contributed by atoms with van der Waals surface area (Å²) in [6.07, 6.45) is 0. The first-order chi connectivity index (χ1) is 10.2. The third-order valence-electron chi connectivity index (χ3n) is 3.58. The number of aromatic nitrogens is 2. The molecule has 0 aliphatic rings. The Morgan fingerprint density at radius 2 is 2.00 bits per heavy atom. The molecule has 1 unspecified atom stereocenters. The zero-order valence-electron chi connectivity index (χ0n) is 12.0. The van der Waals surface area contributed by atoms with Crippen LogP contribution in [0.25, 0.3) is 11.0 Å². The van der Waals surface area contributed by atoms with Gasteiger partial charge >= 0.3 is 0 Å². The highest BCUT2D eigenvalue weighted by molar-refractivity contribution is 5.76. The monoisotopic (exact) mass is 276 g/mol. The highest BCUT2D eigenvalue weighted by Gasteiger charge is 2.14. The van der Waals surface area contributed by atoms with Crippen LogP contribution in [0.4, 0.5) is 5.69 Å². The zero-order chi connectivity index (χ0) is 14.8. The molecule has 0 fully saturated rings. The van der Waals surface area contributed by atoms with Crippen LogP contribution in [-0.4, -0.2) is 9.55 Å². The summed E-state index contributed by atoms with van der Waals surface area (Å²) in [6.45, 7) is 2.07. The van der Waals surface area contributed by atoms with Gasteiger partial charge in [0.05, 0.1) is 28.7 Å². The Bertz CT molecular complexity index is 826. The van der Waals surface area contributed by atoms with Gasteiger partial charge in [0.1, 0.15) is 5.82 Å². The molecule has 0 aliphatic heterocycles. The Morgan fingerprint density at radius 1 is 1.19 bits per heavy atom. The van der Waals surface area contributed by atoms with Gasteiger partial charge < -0.3 is 9.88 Å². The highest BCUT2D eigenvalue weighted by Crippen LogP contribution is 2.22. The molecule has 0 spiro atoms. The molecule has 0 saturated carbocycles. The maximum Gasteiger partial charge on any atom is 0.131 e. The van der Waals surface area contributed by atoms with E-state index < -0.39 is 0 Å². The van der Waals surface area contributed by atoms with Crippen LogP contribution in [0, 0.1) is 11.3 Å². The Kier molecular flexibility index (Phi) is 3.33. The molecule has 0 aliphatic carbocycles. The smallest absolute Gasteiger partial charge is 0.131 e. The van der Waals surface area contributed by atoms with Gasteiger partial charge in [0.25, 0.3) is 0 Å². The van der Waals surface area contributed by atoms with E-state index in [9.17, 15) is 0 Å². The predicted molar refractivity (Wildman–Crippen MR) is 83.9 cm³/mol. The van der Waals surface area contributed by atoms with E-state index in [-0.39, 0.29) is 6.04 Å². The number of imidazole rings is 1. The lowest BCUT2D eigenvalue weighted by molar-refractivity contribution is 0.734. The third kappa shape index (κ3) is 2.46. The summed E-state index contributed by atoms with van der Waals surface area (Å²) in [5.41, 5.74) is 3.69. The van der Waals surface area contributed by atoms with Crippen LogP contribution in [0.1, 0.15) is 24.4 Å². The molecule has 0 saturated heterocycles. The molecule has 0 amide bonds. The van der Waals surface area contributed by atoms with Crippen molar-refractivity contribution in [1.82, 2.24) is 9.55 Å². The highest BCUT2D eigenvalue weighted by atomic mass is 15.1. The first kappa shape index (κ1) is 13.2. The fourth-order valence-corrected chi connectivity index (χ4v) is 2.54. The van der Waals surface area contributed by atoms with Gasteiger partial charge in [-0.2, -0.15) is 5.26 Å². The number of benzene rings is 2. The summed E-state index contributed by atoms with van der Waals surface area (Å²) in [7, 11) is 2.02. The van der Waals surface area contributed by atoms with Crippen molar-refractivity contribution in [3.05, 3.63) is 59.9 Å². The van der Waals surface area contributed by atoms with Gasteiger partial charge in [0, 0.05) is 12.7 Å². The van der Waals surface area contributed by atoms with Crippen molar-refractivity contribution in [2.24, 2.45) is 7.05 Å². The largest absolute Gasteiger partial charge is 0.375 e. The molecule has 0 bridgehead atoms. The standard InChI is InChI=1S/C17H16N4/c1-12(19-14-7-5-6-13(10-14)11-18)17-20-15-8-3-4-9-16(15)21(17)2/h3-10,12,19H,1-2H3. The van der Waals surface area contributed by atoms with E-state index in [1.807, 2.05) is 43.4 Å². The Morgan fingerprint density at radius 3 is 2.76 bits per heavy atom. The molecular formula is C17H16N4. The zero-order valence-corrected chi connectivity index (χ0v) is 12.0. The maximum atomic E-state index is 8.96. The second kappa shape index (κ2) is 5.29. The molecule has 0 radical (unpaired) electrons. The number of anilines is 1. The van der Waals surface area contributed by atoms with E-state index in [1.54, 1.807) is 6.07 Å². The molecule has 4 heteroatoms. The minimum Gasteiger partial charge on any atom is -0.375 e. The van der Waals surface area contributed by atoms with Gasteiger partial charge in [0.15, 0.2) is 0 Å². The van der Waals surface area contributed by atoms with Crippen LogP contribution < -0.4 is 5.32 Å². The summed E-state index contributed by atoms with van der Waals surface area (Å²) in [5.74, 6) is 0.971. The quantitative estimate of drug-likeness (QED) is 0.795. The van der Waals surface area contributed by atoms with E-state index in [1.165, 1.54) is 0 Å². The van der Waals surface area contributed by atoms with Crippen molar-refractivity contribution in [2.45, 2.75) is 13.0 Å². The first-order valence-electron chi connectivity index (χ1n) is 6.87. The Hall–Kier alpha value is -2.80. The average Bonchev–Trinajstić information content (AvgIpc) is 2.85. The molecule has 3 rings (SSSR count). The van der Waals surface area contributed by atoms with Crippen molar-refractivity contribution >= 4 is 16.7 Å². The Labute approximate surface area is 123 Å². The minimum atomic E-state index is 0.0522. The molecule has 3 aromatic rings. The molecule has 1 N–H and O–H groups in total. The van der Waals surface area contributed by atoms with Crippen LogP contribution >= 0.6 is 0 Å².